The molecule has 1 aliphatic rings. The zero-order chi connectivity index (χ0) is 14.7. The third kappa shape index (κ3) is 2.95. The summed E-state index contributed by atoms with van der Waals surface area (Å²) in [7, 11) is 1.40. The number of amides is 1. The van der Waals surface area contributed by atoms with E-state index in [0.717, 1.165) is 5.69 Å². The molecule has 2 heterocycles. The predicted molar refractivity (Wildman–Crippen MR) is 72.1 cm³/mol. The van der Waals surface area contributed by atoms with Crippen LogP contribution in [0.4, 0.5) is 0 Å². The van der Waals surface area contributed by atoms with Gasteiger partial charge in [0.15, 0.2) is 0 Å². The molecule has 0 spiro atoms. The maximum absolute atomic E-state index is 12.5. The molecule has 6 heteroatoms. The molecule has 0 aromatic carbocycles. The molecule has 0 radical (unpaired) electrons. The van der Waals surface area contributed by atoms with E-state index in [1.54, 1.807) is 17.9 Å². The third-order valence-electron chi connectivity index (χ3n) is 3.65. The van der Waals surface area contributed by atoms with Gasteiger partial charge < -0.3 is 9.64 Å². The molecule has 1 saturated heterocycles. The summed E-state index contributed by atoms with van der Waals surface area (Å²) in [6, 6.07) is 1.76. The molecular formula is C14H19N3O3. The fourth-order valence-corrected chi connectivity index (χ4v) is 2.42. The number of ether oxygens (including phenoxy) is 1. The standard InChI is InChI=1S/C14H19N3O3/c1-9-8-12(10(2)16-15-9)13(18)17-6-4-11(5-7-17)14(19)20-3/h8,11H,4-7H2,1-3H3. The lowest BCUT2D eigenvalue weighted by molar-refractivity contribution is -0.146. The highest BCUT2D eigenvalue weighted by atomic mass is 16.5. The number of carbonyl (C=O) groups excluding carboxylic acids is 2. The van der Waals surface area contributed by atoms with E-state index < -0.39 is 0 Å². The molecule has 1 aliphatic heterocycles. The first-order valence-corrected chi connectivity index (χ1v) is 6.71. The molecule has 0 atom stereocenters. The van der Waals surface area contributed by atoms with Crippen LogP contribution >= 0.6 is 0 Å². The second-order valence-electron chi connectivity index (χ2n) is 5.07. The maximum Gasteiger partial charge on any atom is 0.308 e. The highest BCUT2D eigenvalue weighted by Gasteiger charge is 2.29. The van der Waals surface area contributed by atoms with Gasteiger partial charge in [-0.2, -0.15) is 10.2 Å². The third-order valence-corrected chi connectivity index (χ3v) is 3.65. The molecule has 1 aromatic rings. The van der Waals surface area contributed by atoms with Crippen molar-refractivity contribution in [2.45, 2.75) is 26.7 Å². The Labute approximate surface area is 118 Å². The number of methoxy groups -OCH3 is 1. The molecule has 0 N–H and O–H groups in total. The Morgan fingerprint density at radius 2 is 1.90 bits per heavy atom. The molecule has 1 amide bonds. The van der Waals surface area contributed by atoms with E-state index in [9.17, 15) is 9.59 Å². The molecule has 108 valence electrons. The van der Waals surface area contributed by atoms with Crippen LogP contribution in [-0.4, -0.2) is 47.2 Å². The average molecular weight is 277 g/mol. The number of likely N-dealkylation sites (tertiary alicyclic amines) is 1. The van der Waals surface area contributed by atoms with Crippen LogP contribution in [0.3, 0.4) is 0 Å². The van der Waals surface area contributed by atoms with Crippen LogP contribution in [-0.2, 0) is 9.53 Å². The van der Waals surface area contributed by atoms with Gasteiger partial charge >= 0.3 is 5.97 Å². The first-order chi connectivity index (χ1) is 9.52. The van der Waals surface area contributed by atoms with Crippen molar-refractivity contribution >= 4 is 11.9 Å². The SMILES string of the molecule is COC(=O)C1CCN(C(=O)c2cc(C)nnc2C)CC1. The van der Waals surface area contributed by atoms with E-state index in [0.29, 0.717) is 37.2 Å². The lowest BCUT2D eigenvalue weighted by Crippen LogP contribution is -2.40. The number of esters is 1. The number of nitrogens with zero attached hydrogens (tertiary/aromatic N) is 3. The van der Waals surface area contributed by atoms with Crippen molar-refractivity contribution in [3.05, 3.63) is 23.0 Å². The second kappa shape index (κ2) is 5.98. The van der Waals surface area contributed by atoms with Crippen molar-refractivity contribution < 1.29 is 14.3 Å². The molecular weight excluding hydrogens is 258 g/mol. The van der Waals surface area contributed by atoms with Gasteiger partial charge in [0, 0.05) is 13.1 Å². The molecule has 20 heavy (non-hydrogen) atoms. The van der Waals surface area contributed by atoms with E-state index in [-0.39, 0.29) is 17.8 Å². The van der Waals surface area contributed by atoms with Gasteiger partial charge in [-0.05, 0) is 32.8 Å². The molecule has 0 unspecified atom stereocenters. The van der Waals surface area contributed by atoms with E-state index in [2.05, 4.69) is 10.2 Å². The predicted octanol–water partition coefficient (Wildman–Crippen LogP) is 1.12. The van der Waals surface area contributed by atoms with Crippen LogP contribution in [0, 0.1) is 19.8 Å². The zero-order valence-corrected chi connectivity index (χ0v) is 12.0. The summed E-state index contributed by atoms with van der Waals surface area (Å²) >= 11 is 0. The molecule has 1 fully saturated rings. The molecule has 0 aliphatic carbocycles. The Morgan fingerprint density at radius 3 is 2.50 bits per heavy atom. The molecule has 2 rings (SSSR count). The van der Waals surface area contributed by atoms with Gasteiger partial charge in [-0.15, -0.1) is 0 Å². The van der Waals surface area contributed by atoms with Gasteiger partial charge in [0.2, 0.25) is 0 Å². The van der Waals surface area contributed by atoms with Gasteiger partial charge in [-0.25, -0.2) is 0 Å². The number of aryl methyl sites for hydroxylation is 2. The van der Waals surface area contributed by atoms with Crippen LogP contribution in [0.25, 0.3) is 0 Å². The zero-order valence-electron chi connectivity index (χ0n) is 12.0. The lowest BCUT2D eigenvalue weighted by atomic mass is 9.96. The summed E-state index contributed by atoms with van der Waals surface area (Å²) in [6.45, 7) is 4.73. The largest absolute Gasteiger partial charge is 0.469 e. The molecule has 1 aromatic heterocycles. The summed E-state index contributed by atoms with van der Waals surface area (Å²) in [5.74, 6) is -0.319. The monoisotopic (exact) mass is 277 g/mol. The highest BCUT2D eigenvalue weighted by Crippen LogP contribution is 2.20. The van der Waals surface area contributed by atoms with Crippen LogP contribution < -0.4 is 0 Å². The number of hydrogen-bond donors (Lipinski definition) is 0. The lowest BCUT2D eigenvalue weighted by Gasteiger charge is -2.31. The van der Waals surface area contributed by atoms with Crippen molar-refractivity contribution in [1.29, 1.82) is 0 Å². The van der Waals surface area contributed by atoms with E-state index in [4.69, 9.17) is 4.74 Å². The van der Waals surface area contributed by atoms with Gasteiger partial charge in [-0.3, -0.25) is 9.59 Å². The van der Waals surface area contributed by atoms with Crippen LogP contribution in [0.5, 0.6) is 0 Å². The van der Waals surface area contributed by atoms with Crippen LogP contribution in [0.2, 0.25) is 0 Å². The Kier molecular flexibility index (Phi) is 4.32. The van der Waals surface area contributed by atoms with Crippen molar-refractivity contribution in [3.63, 3.8) is 0 Å². The summed E-state index contributed by atoms with van der Waals surface area (Å²) in [5, 5.41) is 7.91. The van der Waals surface area contributed by atoms with Crippen molar-refractivity contribution in [3.8, 4) is 0 Å². The average Bonchev–Trinajstić information content (AvgIpc) is 2.48. The Hall–Kier alpha value is -1.98. The van der Waals surface area contributed by atoms with Gasteiger partial charge in [0.1, 0.15) is 0 Å². The summed E-state index contributed by atoms with van der Waals surface area (Å²) in [4.78, 5) is 25.7. The number of piperidine rings is 1. The topological polar surface area (TPSA) is 72.4 Å². The quantitative estimate of drug-likeness (QED) is 0.757. The van der Waals surface area contributed by atoms with Gasteiger partial charge in [0.05, 0.1) is 30.0 Å². The highest BCUT2D eigenvalue weighted by molar-refractivity contribution is 5.95. The minimum Gasteiger partial charge on any atom is -0.469 e. The number of aromatic nitrogens is 2. The van der Waals surface area contributed by atoms with Crippen LogP contribution in [0.1, 0.15) is 34.6 Å². The van der Waals surface area contributed by atoms with E-state index in [1.807, 2.05) is 6.92 Å². The Morgan fingerprint density at radius 1 is 1.25 bits per heavy atom. The first-order valence-electron chi connectivity index (χ1n) is 6.71. The van der Waals surface area contributed by atoms with E-state index in [1.165, 1.54) is 7.11 Å². The Bertz CT molecular complexity index is 522. The van der Waals surface area contributed by atoms with Crippen molar-refractivity contribution in [1.82, 2.24) is 15.1 Å². The normalized spacial score (nSPS) is 16.1. The number of hydrogen-bond acceptors (Lipinski definition) is 5. The van der Waals surface area contributed by atoms with Crippen molar-refractivity contribution in [2.24, 2.45) is 5.92 Å². The fraction of sp³-hybridized carbons (Fsp3) is 0.571. The fourth-order valence-electron chi connectivity index (χ4n) is 2.42. The Balaban J connectivity index is 2.05. The van der Waals surface area contributed by atoms with Gasteiger partial charge in [0.25, 0.3) is 5.91 Å². The second-order valence-corrected chi connectivity index (χ2v) is 5.07. The number of rotatable bonds is 2. The summed E-state index contributed by atoms with van der Waals surface area (Å²) < 4.78 is 4.74. The van der Waals surface area contributed by atoms with Crippen molar-refractivity contribution in [2.75, 3.05) is 20.2 Å². The molecule has 0 bridgehead atoms. The molecule has 6 nitrogen and oxygen atoms in total. The smallest absolute Gasteiger partial charge is 0.308 e. The number of carbonyl (C=O) groups is 2. The van der Waals surface area contributed by atoms with Gasteiger partial charge in [-0.1, -0.05) is 0 Å². The maximum atomic E-state index is 12.5. The molecule has 0 saturated carbocycles. The summed E-state index contributed by atoms with van der Waals surface area (Å²) in [5.41, 5.74) is 1.95. The first kappa shape index (κ1) is 14.4. The minimum absolute atomic E-state index is 0.0381. The van der Waals surface area contributed by atoms with E-state index >= 15 is 0 Å². The summed E-state index contributed by atoms with van der Waals surface area (Å²) in [6.07, 6.45) is 1.30. The minimum atomic E-state index is -0.185. The van der Waals surface area contributed by atoms with Crippen LogP contribution in [0.15, 0.2) is 6.07 Å².